The number of carbonyl (C=O) groups excluding carboxylic acids is 2. The molecule has 3 aromatic rings. The van der Waals surface area contributed by atoms with Crippen LogP contribution in [-0.2, 0) is 20.7 Å². The number of carboxylic acid groups (broad SMARTS) is 1. The van der Waals surface area contributed by atoms with Gasteiger partial charge in [0.2, 0.25) is 0 Å². The number of carbonyl (C=O) groups is 3. The molecule has 4 rings (SSSR count). The minimum Gasteiger partial charge on any atom is -0.481 e. The molecule has 0 saturated carbocycles. The highest BCUT2D eigenvalue weighted by Crippen LogP contribution is 2.44. The van der Waals surface area contributed by atoms with Gasteiger partial charge in [0, 0.05) is 18.0 Å². The first-order valence-electron chi connectivity index (χ1n) is 11.2. The zero-order valence-corrected chi connectivity index (χ0v) is 18.9. The number of alkyl carbamates (subject to hydrolysis) is 1. The van der Waals surface area contributed by atoms with Crippen LogP contribution in [0.1, 0.15) is 29.0 Å². The Morgan fingerprint density at radius 3 is 2.20 bits per heavy atom. The maximum atomic E-state index is 12.2. The van der Waals surface area contributed by atoms with Crippen LogP contribution in [0.25, 0.3) is 11.1 Å². The highest BCUT2D eigenvalue weighted by Gasteiger charge is 2.28. The molecule has 1 aliphatic rings. The van der Waals surface area contributed by atoms with Crippen molar-refractivity contribution in [2.45, 2.75) is 18.8 Å². The fourth-order valence-corrected chi connectivity index (χ4v) is 4.15. The molecule has 0 spiro atoms. The van der Waals surface area contributed by atoms with Crippen molar-refractivity contribution in [1.82, 2.24) is 5.32 Å². The number of hydrogen-bond acceptors (Lipinski definition) is 4. The molecular weight excluding hydrogens is 444 g/mol. The van der Waals surface area contributed by atoms with Gasteiger partial charge in [-0.3, -0.25) is 9.59 Å². The Balaban J connectivity index is 1.27. The molecule has 3 N–H and O–H groups in total. The van der Waals surface area contributed by atoms with Gasteiger partial charge in [0.1, 0.15) is 6.61 Å². The summed E-state index contributed by atoms with van der Waals surface area (Å²) in [6.45, 7) is 0.145. The predicted molar refractivity (Wildman–Crippen MR) is 132 cm³/mol. The van der Waals surface area contributed by atoms with Crippen molar-refractivity contribution in [2.75, 3.05) is 18.5 Å². The SMILES string of the molecule is O=C(O)CCc1ccccc1NC(=O)C#CCNC(=O)OCC1c2ccccc2-c2ccccc21. The van der Waals surface area contributed by atoms with Gasteiger partial charge in [0.25, 0.3) is 5.91 Å². The van der Waals surface area contributed by atoms with Crippen molar-refractivity contribution in [2.24, 2.45) is 0 Å². The number of rotatable bonds is 7. The minimum absolute atomic E-state index is 0.0359. The molecule has 1 aliphatic carbocycles. The van der Waals surface area contributed by atoms with E-state index in [2.05, 4.69) is 34.6 Å². The lowest BCUT2D eigenvalue weighted by molar-refractivity contribution is -0.136. The predicted octanol–water partition coefficient (Wildman–Crippen LogP) is 4.18. The van der Waals surface area contributed by atoms with Crippen molar-refractivity contribution in [3.8, 4) is 23.0 Å². The van der Waals surface area contributed by atoms with Gasteiger partial charge in [-0.1, -0.05) is 72.7 Å². The average molecular weight is 469 g/mol. The van der Waals surface area contributed by atoms with Crippen molar-refractivity contribution in [3.63, 3.8) is 0 Å². The Hall–Kier alpha value is -4.57. The number of hydrogen-bond donors (Lipinski definition) is 3. The Labute approximate surface area is 203 Å². The molecule has 0 radical (unpaired) electrons. The summed E-state index contributed by atoms with van der Waals surface area (Å²) >= 11 is 0. The molecule has 3 aromatic carbocycles. The second-order valence-electron chi connectivity index (χ2n) is 7.99. The fraction of sp³-hybridized carbons (Fsp3) is 0.179. The standard InChI is InChI=1S/C28H24N2O5/c31-26(30-25-13-6-1-8-19(25)15-16-27(32)33)14-7-17-29-28(34)35-18-24-22-11-4-2-9-20(22)21-10-3-5-12-23(21)24/h1-6,8-13,24H,15-18H2,(H,29,34)(H,30,31)(H,32,33). The molecule has 35 heavy (non-hydrogen) atoms. The first-order valence-corrected chi connectivity index (χ1v) is 11.2. The van der Waals surface area contributed by atoms with Crippen molar-refractivity contribution < 1.29 is 24.2 Å². The van der Waals surface area contributed by atoms with Gasteiger partial charge in [0.05, 0.1) is 6.54 Å². The van der Waals surface area contributed by atoms with Gasteiger partial charge in [-0.15, -0.1) is 0 Å². The fourth-order valence-electron chi connectivity index (χ4n) is 4.15. The van der Waals surface area contributed by atoms with Crippen LogP contribution in [-0.4, -0.2) is 36.2 Å². The third kappa shape index (κ3) is 5.87. The Bertz CT molecular complexity index is 1280. The summed E-state index contributed by atoms with van der Waals surface area (Å²) in [5.41, 5.74) is 5.78. The highest BCUT2D eigenvalue weighted by atomic mass is 16.5. The topological polar surface area (TPSA) is 105 Å². The van der Waals surface area contributed by atoms with E-state index in [0.29, 0.717) is 17.7 Å². The molecule has 0 atom stereocenters. The number of aliphatic carboxylic acids is 1. The molecule has 0 aliphatic heterocycles. The Kier molecular flexibility index (Phi) is 7.44. The third-order valence-corrected chi connectivity index (χ3v) is 5.74. The van der Waals surface area contributed by atoms with Crippen LogP contribution in [0.4, 0.5) is 10.5 Å². The van der Waals surface area contributed by atoms with E-state index in [1.165, 1.54) is 0 Å². The maximum absolute atomic E-state index is 12.2. The zero-order valence-electron chi connectivity index (χ0n) is 18.9. The molecular formula is C28H24N2O5. The van der Waals surface area contributed by atoms with E-state index >= 15 is 0 Å². The van der Waals surface area contributed by atoms with E-state index in [-0.39, 0.29) is 25.5 Å². The van der Waals surface area contributed by atoms with Crippen molar-refractivity contribution in [1.29, 1.82) is 0 Å². The monoisotopic (exact) mass is 468 g/mol. The maximum Gasteiger partial charge on any atom is 0.407 e. The van der Waals surface area contributed by atoms with Gasteiger partial charge in [-0.05, 0) is 46.2 Å². The second kappa shape index (κ2) is 11.0. The first-order chi connectivity index (χ1) is 17.0. The number of amides is 2. The largest absolute Gasteiger partial charge is 0.481 e. The minimum atomic E-state index is -0.912. The van der Waals surface area contributed by atoms with Crippen LogP contribution in [0, 0.1) is 11.8 Å². The Morgan fingerprint density at radius 1 is 0.886 bits per heavy atom. The number of benzene rings is 3. The molecule has 0 unspecified atom stereocenters. The van der Waals surface area contributed by atoms with Crippen LogP contribution >= 0.6 is 0 Å². The number of fused-ring (bicyclic) bond motifs is 3. The summed E-state index contributed by atoms with van der Waals surface area (Å²) in [5, 5.41) is 14.1. The van der Waals surface area contributed by atoms with Gasteiger partial charge < -0.3 is 20.5 Å². The molecule has 0 saturated heterocycles. The van der Waals surface area contributed by atoms with Crippen LogP contribution < -0.4 is 10.6 Å². The number of carboxylic acids is 1. The number of ether oxygens (including phenoxy) is 1. The summed E-state index contributed by atoms with van der Waals surface area (Å²) in [6.07, 6.45) is -0.355. The summed E-state index contributed by atoms with van der Waals surface area (Å²) < 4.78 is 5.44. The summed E-state index contributed by atoms with van der Waals surface area (Å²) in [6, 6.07) is 23.1. The first kappa shape index (κ1) is 23.6. The van der Waals surface area contributed by atoms with E-state index in [9.17, 15) is 14.4 Å². The second-order valence-corrected chi connectivity index (χ2v) is 7.99. The quantitative estimate of drug-likeness (QED) is 0.451. The molecule has 0 heterocycles. The number of aryl methyl sites for hydroxylation is 1. The molecule has 7 heteroatoms. The van der Waals surface area contributed by atoms with Crippen molar-refractivity contribution in [3.05, 3.63) is 89.5 Å². The lowest BCUT2D eigenvalue weighted by Crippen LogP contribution is -2.26. The molecule has 0 fully saturated rings. The molecule has 7 nitrogen and oxygen atoms in total. The number of anilines is 1. The normalized spacial score (nSPS) is 11.4. The lowest BCUT2D eigenvalue weighted by Gasteiger charge is -2.14. The number of para-hydroxylation sites is 1. The van der Waals surface area contributed by atoms with Crippen LogP contribution in [0.3, 0.4) is 0 Å². The number of nitrogens with one attached hydrogen (secondary N) is 2. The van der Waals surface area contributed by atoms with Gasteiger partial charge in [-0.2, -0.15) is 0 Å². The van der Waals surface area contributed by atoms with Crippen LogP contribution in [0.5, 0.6) is 0 Å². The van der Waals surface area contributed by atoms with Crippen LogP contribution in [0.15, 0.2) is 72.8 Å². The van der Waals surface area contributed by atoms with E-state index in [4.69, 9.17) is 9.84 Å². The Morgan fingerprint density at radius 2 is 1.51 bits per heavy atom. The van der Waals surface area contributed by atoms with Gasteiger partial charge in [-0.25, -0.2) is 4.79 Å². The van der Waals surface area contributed by atoms with E-state index in [1.54, 1.807) is 24.3 Å². The van der Waals surface area contributed by atoms with E-state index in [1.807, 2.05) is 36.4 Å². The average Bonchev–Trinajstić information content (AvgIpc) is 3.18. The summed E-state index contributed by atoms with van der Waals surface area (Å²) in [5.74, 6) is 3.51. The van der Waals surface area contributed by atoms with Gasteiger partial charge >= 0.3 is 12.1 Å². The molecule has 176 valence electrons. The van der Waals surface area contributed by atoms with E-state index < -0.39 is 18.0 Å². The molecule has 0 bridgehead atoms. The molecule has 0 aromatic heterocycles. The third-order valence-electron chi connectivity index (χ3n) is 5.74. The lowest BCUT2D eigenvalue weighted by atomic mass is 9.98. The van der Waals surface area contributed by atoms with E-state index in [0.717, 1.165) is 22.3 Å². The zero-order chi connectivity index (χ0) is 24.6. The highest BCUT2D eigenvalue weighted by molar-refractivity contribution is 6.04. The van der Waals surface area contributed by atoms with Crippen LogP contribution in [0.2, 0.25) is 0 Å². The van der Waals surface area contributed by atoms with Gasteiger partial charge in [0.15, 0.2) is 0 Å². The smallest absolute Gasteiger partial charge is 0.407 e. The summed E-state index contributed by atoms with van der Waals surface area (Å²) in [7, 11) is 0. The molecule has 2 amide bonds. The summed E-state index contributed by atoms with van der Waals surface area (Å²) in [4.78, 5) is 35.1. The van der Waals surface area contributed by atoms with Crippen molar-refractivity contribution >= 4 is 23.7 Å².